The van der Waals surface area contributed by atoms with Gasteiger partial charge in [0.1, 0.15) is 0 Å². The summed E-state index contributed by atoms with van der Waals surface area (Å²) in [6, 6.07) is 7.53. The van der Waals surface area contributed by atoms with Gasteiger partial charge in [0, 0.05) is 5.56 Å². The largest absolute Gasteiger partial charge is 0.370 e. The summed E-state index contributed by atoms with van der Waals surface area (Å²) in [7, 11) is 0. The van der Waals surface area contributed by atoms with E-state index in [1.165, 1.54) is 0 Å². The first kappa shape index (κ1) is 9.14. The Morgan fingerprint density at radius 2 is 1.92 bits per heavy atom. The average molecular weight is 173 g/mol. The first-order valence-electron chi connectivity index (χ1n) is 3.83. The summed E-state index contributed by atoms with van der Waals surface area (Å²) >= 11 is 0. The Morgan fingerprint density at radius 1 is 1.31 bits per heavy atom. The van der Waals surface area contributed by atoms with Gasteiger partial charge in [-0.1, -0.05) is 18.1 Å². The van der Waals surface area contributed by atoms with Crippen LogP contribution in [0.5, 0.6) is 0 Å². The molecule has 1 aromatic rings. The van der Waals surface area contributed by atoms with E-state index in [2.05, 4.69) is 10.9 Å². The summed E-state index contributed by atoms with van der Waals surface area (Å²) < 4.78 is 0. The summed E-state index contributed by atoms with van der Waals surface area (Å²) in [6.07, 6.45) is 5.20. The third kappa shape index (κ3) is 2.88. The topological polar surface area (TPSA) is 64.4 Å². The Bertz CT molecular complexity index is 339. The van der Waals surface area contributed by atoms with Gasteiger partial charge in [-0.05, 0) is 17.7 Å². The monoisotopic (exact) mass is 173 g/mol. The lowest BCUT2D eigenvalue weighted by molar-refractivity contribution is 1.05. The zero-order valence-electron chi connectivity index (χ0n) is 7.20. The molecule has 0 aromatic heterocycles. The number of aliphatic imine (C=N–C) groups is 1. The second kappa shape index (κ2) is 4.17. The molecule has 3 nitrogen and oxygen atoms in total. The van der Waals surface area contributed by atoms with Crippen LogP contribution in [0.1, 0.15) is 11.1 Å². The smallest absolute Gasteiger partial charge is 0.186 e. The lowest BCUT2D eigenvalue weighted by atomic mass is 10.1. The van der Waals surface area contributed by atoms with Crippen LogP contribution in [0.3, 0.4) is 0 Å². The summed E-state index contributed by atoms with van der Waals surface area (Å²) in [5, 5.41) is 0. The first-order valence-corrected chi connectivity index (χ1v) is 3.83. The fourth-order valence-electron chi connectivity index (χ4n) is 0.889. The minimum Gasteiger partial charge on any atom is -0.370 e. The van der Waals surface area contributed by atoms with Crippen molar-refractivity contribution in [3.8, 4) is 12.3 Å². The van der Waals surface area contributed by atoms with Gasteiger partial charge in [-0.15, -0.1) is 6.42 Å². The molecule has 0 bridgehead atoms. The van der Waals surface area contributed by atoms with Crippen LogP contribution >= 0.6 is 0 Å². The van der Waals surface area contributed by atoms with Gasteiger partial charge in [-0.25, -0.2) is 4.99 Å². The predicted octanol–water partition coefficient (Wildman–Crippen LogP) is 0.441. The summed E-state index contributed by atoms with van der Waals surface area (Å²) in [4.78, 5) is 3.87. The van der Waals surface area contributed by atoms with E-state index >= 15 is 0 Å². The Balaban J connectivity index is 2.71. The third-order valence-corrected chi connectivity index (χ3v) is 1.56. The van der Waals surface area contributed by atoms with Crippen molar-refractivity contribution in [3.63, 3.8) is 0 Å². The highest BCUT2D eigenvalue weighted by Gasteiger charge is 1.90. The molecule has 3 heteroatoms. The number of guanidine groups is 1. The molecule has 1 rings (SSSR count). The highest BCUT2D eigenvalue weighted by molar-refractivity contribution is 5.75. The van der Waals surface area contributed by atoms with Gasteiger partial charge in [0.15, 0.2) is 5.96 Å². The van der Waals surface area contributed by atoms with E-state index in [-0.39, 0.29) is 5.96 Å². The molecular formula is C10H11N3. The maximum absolute atomic E-state index is 5.20. The first-order chi connectivity index (χ1) is 6.22. The zero-order valence-corrected chi connectivity index (χ0v) is 7.20. The molecular weight excluding hydrogens is 162 g/mol. The van der Waals surface area contributed by atoms with Crippen molar-refractivity contribution in [2.24, 2.45) is 16.5 Å². The average Bonchev–Trinajstić information content (AvgIpc) is 2.15. The van der Waals surface area contributed by atoms with E-state index in [1.807, 2.05) is 24.3 Å². The van der Waals surface area contributed by atoms with Crippen molar-refractivity contribution < 1.29 is 0 Å². The number of rotatable bonds is 2. The highest BCUT2D eigenvalue weighted by Crippen LogP contribution is 2.03. The summed E-state index contributed by atoms with van der Waals surface area (Å²) in [6.45, 7) is 0.493. The summed E-state index contributed by atoms with van der Waals surface area (Å²) in [5.41, 5.74) is 12.3. The second-order valence-electron chi connectivity index (χ2n) is 2.58. The molecule has 0 aliphatic rings. The van der Waals surface area contributed by atoms with Crippen molar-refractivity contribution in [3.05, 3.63) is 35.4 Å². The maximum Gasteiger partial charge on any atom is 0.186 e. The number of nitrogens with two attached hydrogens (primary N) is 2. The third-order valence-electron chi connectivity index (χ3n) is 1.56. The number of hydrogen-bond acceptors (Lipinski definition) is 1. The fraction of sp³-hybridized carbons (Fsp3) is 0.100. The van der Waals surface area contributed by atoms with Crippen LogP contribution < -0.4 is 11.5 Å². The van der Waals surface area contributed by atoms with Crippen molar-refractivity contribution in [2.45, 2.75) is 6.54 Å². The minimum atomic E-state index is 0.0982. The lowest BCUT2D eigenvalue weighted by Crippen LogP contribution is -2.22. The molecule has 66 valence electrons. The molecule has 0 aliphatic heterocycles. The highest BCUT2D eigenvalue weighted by atomic mass is 15.0. The van der Waals surface area contributed by atoms with Gasteiger partial charge in [-0.3, -0.25) is 0 Å². The standard InChI is InChI=1S/C10H11N3/c1-2-8-3-5-9(6-4-8)7-13-10(11)12/h1,3-6H,7H2,(H4,11,12,13). The Morgan fingerprint density at radius 3 is 2.38 bits per heavy atom. The Hall–Kier alpha value is -1.95. The normalized spacial score (nSPS) is 8.85. The van der Waals surface area contributed by atoms with Crippen LogP contribution in [0.4, 0.5) is 0 Å². The predicted molar refractivity (Wildman–Crippen MR) is 53.9 cm³/mol. The van der Waals surface area contributed by atoms with E-state index in [4.69, 9.17) is 17.9 Å². The quantitative estimate of drug-likeness (QED) is 0.387. The molecule has 0 radical (unpaired) electrons. The molecule has 0 spiro atoms. The van der Waals surface area contributed by atoms with Gasteiger partial charge in [0.25, 0.3) is 0 Å². The van der Waals surface area contributed by atoms with E-state index in [1.54, 1.807) is 0 Å². The molecule has 0 fully saturated rings. The Kier molecular flexibility index (Phi) is 2.93. The molecule has 0 atom stereocenters. The second-order valence-corrected chi connectivity index (χ2v) is 2.58. The molecule has 0 saturated heterocycles. The van der Waals surface area contributed by atoms with Crippen LogP contribution in [0.25, 0.3) is 0 Å². The van der Waals surface area contributed by atoms with Gasteiger partial charge in [0.05, 0.1) is 6.54 Å². The SMILES string of the molecule is C#Cc1ccc(CN=C(N)N)cc1. The molecule has 1 aromatic carbocycles. The van der Waals surface area contributed by atoms with Crippen molar-refractivity contribution in [1.82, 2.24) is 0 Å². The lowest BCUT2D eigenvalue weighted by Gasteiger charge is -1.97. The molecule has 4 N–H and O–H groups in total. The van der Waals surface area contributed by atoms with E-state index in [9.17, 15) is 0 Å². The molecule has 0 heterocycles. The number of hydrogen-bond donors (Lipinski definition) is 2. The van der Waals surface area contributed by atoms with E-state index < -0.39 is 0 Å². The molecule has 0 saturated carbocycles. The van der Waals surface area contributed by atoms with Crippen LogP contribution in [-0.4, -0.2) is 5.96 Å². The van der Waals surface area contributed by atoms with Crippen molar-refractivity contribution >= 4 is 5.96 Å². The molecule has 13 heavy (non-hydrogen) atoms. The maximum atomic E-state index is 5.20. The number of nitrogens with zero attached hydrogens (tertiary/aromatic N) is 1. The number of terminal acetylenes is 1. The van der Waals surface area contributed by atoms with Crippen molar-refractivity contribution in [1.29, 1.82) is 0 Å². The van der Waals surface area contributed by atoms with Gasteiger partial charge < -0.3 is 11.5 Å². The van der Waals surface area contributed by atoms with Crippen LogP contribution in [0.2, 0.25) is 0 Å². The Labute approximate surface area is 77.5 Å². The van der Waals surface area contributed by atoms with Gasteiger partial charge in [-0.2, -0.15) is 0 Å². The molecule has 0 amide bonds. The molecule has 0 unspecified atom stereocenters. The zero-order chi connectivity index (χ0) is 9.68. The van der Waals surface area contributed by atoms with E-state index in [0.29, 0.717) is 6.54 Å². The number of benzene rings is 1. The van der Waals surface area contributed by atoms with Crippen LogP contribution in [0.15, 0.2) is 29.3 Å². The van der Waals surface area contributed by atoms with Gasteiger partial charge in [0.2, 0.25) is 0 Å². The van der Waals surface area contributed by atoms with E-state index in [0.717, 1.165) is 11.1 Å². The summed E-state index contributed by atoms with van der Waals surface area (Å²) in [5.74, 6) is 2.63. The fourth-order valence-corrected chi connectivity index (χ4v) is 0.889. The van der Waals surface area contributed by atoms with Crippen LogP contribution in [-0.2, 0) is 6.54 Å². The minimum absolute atomic E-state index is 0.0982. The van der Waals surface area contributed by atoms with Gasteiger partial charge >= 0.3 is 0 Å². The van der Waals surface area contributed by atoms with Crippen LogP contribution in [0, 0.1) is 12.3 Å². The van der Waals surface area contributed by atoms with Crippen molar-refractivity contribution in [2.75, 3.05) is 0 Å². The molecule has 0 aliphatic carbocycles.